The van der Waals surface area contributed by atoms with E-state index in [0.29, 0.717) is 10.8 Å². The van der Waals surface area contributed by atoms with Crippen molar-refractivity contribution in [2.24, 2.45) is 46.3 Å². The minimum Gasteiger partial charge on any atom is -0.0819 e. The zero-order chi connectivity index (χ0) is 15.5. The van der Waals surface area contributed by atoms with Crippen LogP contribution in [0.3, 0.4) is 0 Å². The van der Waals surface area contributed by atoms with Gasteiger partial charge in [-0.05, 0) is 53.3 Å². The van der Waals surface area contributed by atoms with Crippen LogP contribution in [0, 0.1) is 46.3 Å². The molecule has 6 unspecified atom stereocenters. The van der Waals surface area contributed by atoms with E-state index < -0.39 is 0 Å². The lowest BCUT2D eigenvalue weighted by Crippen LogP contribution is -2.66. The van der Waals surface area contributed by atoms with Gasteiger partial charge >= 0.3 is 0 Å². The number of rotatable bonds is 3. The van der Waals surface area contributed by atoms with Crippen molar-refractivity contribution >= 4 is 0 Å². The third-order valence-corrected chi connectivity index (χ3v) is 7.86. The monoisotopic (exact) mass is 276 g/mol. The summed E-state index contributed by atoms with van der Waals surface area (Å²) in [7, 11) is 0. The molecular weight excluding hydrogens is 240 g/mol. The largest absolute Gasteiger partial charge is 0.0819 e. The Bertz CT molecular complexity index is 400. The molecule has 0 nitrogen and oxygen atoms in total. The first kappa shape index (κ1) is 16.1. The van der Waals surface area contributed by atoms with Gasteiger partial charge in [0, 0.05) is 0 Å². The van der Waals surface area contributed by atoms with Gasteiger partial charge in [-0.1, -0.05) is 73.5 Å². The summed E-state index contributed by atoms with van der Waals surface area (Å²) >= 11 is 0. The second kappa shape index (κ2) is 4.89. The molecule has 0 bridgehead atoms. The van der Waals surface area contributed by atoms with E-state index in [1.807, 2.05) is 0 Å². The maximum Gasteiger partial charge on any atom is -0.00314 e. The molecule has 0 radical (unpaired) electrons. The van der Waals surface area contributed by atoms with Crippen LogP contribution in [0.4, 0.5) is 0 Å². The van der Waals surface area contributed by atoms with Crippen LogP contribution in [0.15, 0.2) is 11.6 Å². The lowest BCUT2D eigenvalue weighted by molar-refractivity contribution is -0.196. The van der Waals surface area contributed by atoms with Crippen LogP contribution in [0.1, 0.15) is 68.7 Å². The van der Waals surface area contributed by atoms with Gasteiger partial charge in [0.2, 0.25) is 0 Å². The standard InChI is InChI=1S/C20H36/c1-10-16(12(2)3)17-13(4)11-14(5)20(9)18(17)15(6)19(20,7)8/h11-13,15-18H,10H2,1-9H3. The first-order valence-electron chi connectivity index (χ1n) is 8.79. The van der Waals surface area contributed by atoms with Gasteiger partial charge in [0.25, 0.3) is 0 Å². The van der Waals surface area contributed by atoms with Gasteiger partial charge in [-0.15, -0.1) is 0 Å². The first-order valence-corrected chi connectivity index (χ1v) is 8.79. The SMILES string of the molecule is CCC(C(C)C)C1C(C)C=C(C)C2(C)C1C(C)C2(C)C. The average molecular weight is 277 g/mol. The van der Waals surface area contributed by atoms with Gasteiger partial charge < -0.3 is 0 Å². The summed E-state index contributed by atoms with van der Waals surface area (Å²) < 4.78 is 0. The van der Waals surface area contributed by atoms with Gasteiger partial charge in [-0.2, -0.15) is 0 Å². The molecular formula is C20H36. The molecule has 116 valence electrons. The van der Waals surface area contributed by atoms with Crippen molar-refractivity contribution in [3.63, 3.8) is 0 Å². The number of fused-ring (bicyclic) bond motifs is 1. The molecule has 6 atom stereocenters. The Hall–Kier alpha value is -0.260. The van der Waals surface area contributed by atoms with Crippen molar-refractivity contribution in [1.29, 1.82) is 0 Å². The summed E-state index contributed by atoms with van der Waals surface area (Å²) in [5, 5.41) is 0. The summed E-state index contributed by atoms with van der Waals surface area (Å²) in [5.74, 6) is 5.02. The Labute approximate surface area is 127 Å². The third-order valence-electron chi connectivity index (χ3n) is 7.86. The molecule has 0 aromatic heterocycles. The predicted molar refractivity (Wildman–Crippen MR) is 89.6 cm³/mol. The molecule has 1 fully saturated rings. The topological polar surface area (TPSA) is 0 Å². The molecule has 2 rings (SSSR count). The van der Waals surface area contributed by atoms with Crippen LogP contribution in [0.5, 0.6) is 0 Å². The van der Waals surface area contributed by atoms with Gasteiger partial charge in [-0.3, -0.25) is 0 Å². The second-order valence-corrected chi connectivity index (χ2v) is 8.84. The van der Waals surface area contributed by atoms with Crippen molar-refractivity contribution in [3.8, 4) is 0 Å². The van der Waals surface area contributed by atoms with E-state index in [4.69, 9.17) is 0 Å². The van der Waals surface area contributed by atoms with Gasteiger partial charge in [0.15, 0.2) is 0 Å². The van der Waals surface area contributed by atoms with E-state index in [0.717, 1.165) is 35.5 Å². The number of hydrogen-bond donors (Lipinski definition) is 0. The Balaban J connectivity index is 2.47. The zero-order valence-corrected chi connectivity index (χ0v) is 15.2. The number of hydrogen-bond acceptors (Lipinski definition) is 0. The Morgan fingerprint density at radius 2 is 1.70 bits per heavy atom. The average Bonchev–Trinajstić information content (AvgIpc) is 2.35. The molecule has 0 N–H and O–H groups in total. The Morgan fingerprint density at radius 1 is 1.15 bits per heavy atom. The summed E-state index contributed by atoms with van der Waals surface area (Å²) in [6.07, 6.45) is 3.94. The summed E-state index contributed by atoms with van der Waals surface area (Å²) in [4.78, 5) is 0. The van der Waals surface area contributed by atoms with E-state index in [9.17, 15) is 0 Å². The fourth-order valence-electron chi connectivity index (χ4n) is 6.09. The van der Waals surface area contributed by atoms with Crippen LogP contribution in [0.2, 0.25) is 0 Å². The summed E-state index contributed by atoms with van der Waals surface area (Å²) in [5.41, 5.74) is 2.53. The van der Waals surface area contributed by atoms with E-state index in [1.54, 1.807) is 5.57 Å². The minimum atomic E-state index is 0.423. The van der Waals surface area contributed by atoms with Crippen molar-refractivity contribution < 1.29 is 0 Å². The molecule has 20 heavy (non-hydrogen) atoms. The highest BCUT2D eigenvalue weighted by molar-refractivity contribution is 5.31. The van der Waals surface area contributed by atoms with Gasteiger partial charge in [0.1, 0.15) is 0 Å². The van der Waals surface area contributed by atoms with Crippen molar-refractivity contribution in [1.82, 2.24) is 0 Å². The second-order valence-electron chi connectivity index (χ2n) is 8.84. The van der Waals surface area contributed by atoms with Crippen LogP contribution in [-0.4, -0.2) is 0 Å². The molecule has 0 saturated heterocycles. The fraction of sp³-hybridized carbons (Fsp3) is 0.900. The van der Waals surface area contributed by atoms with Crippen LogP contribution < -0.4 is 0 Å². The molecule has 1 saturated carbocycles. The van der Waals surface area contributed by atoms with E-state index >= 15 is 0 Å². The van der Waals surface area contributed by atoms with E-state index in [-0.39, 0.29) is 0 Å². The summed E-state index contributed by atoms with van der Waals surface area (Å²) in [6.45, 7) is 22.2. The zero-order valence-electron chi connectivity index (χ0n) is 15.2. The molecule has 0 heteroatoms. The molecule has 2 aliphatic rings. The highest BCUT2D eigenvalue weighted by atomic mass is 14.7. The molecule has 0 spiro atoms. The molecule has 0 aromatic carbocycles. The number of allylic oxidation sites excluding steroid dienone is 2. The van der Waals surface area contributed by atoms with Gasteiger partial charge in [0.05, 0.1) is 0 Å². The van der Waals surface area contributed by atoms with Crippen LogP contribution >= 0.6 is 0 Å². The Kier molecular flexibility index (Phi) is 3.94. The third kappa shape index (κ3) is 1.79. The highest BCUT2D eigenvalue weighted by Gasteiger charge is 2.67. The maximum atomic E-state index is 2.61. The van der Waals surface area contributed by atoms with Crippen molar-refractivity contribution in [3.05, 3.63) is 11.6 Å². The quantitative estimate of drug-likeness (QED) is 0.540. The van der Waals surface area contributed by atoms with Crippen LogP contribution in [0.25, 0.3) is 0 Å². The minimum absolute atomic E-state index is 0.423. The molecule has 0 aliphatic heterocycles. The smallest absolute Gasteiger partial charge is 0.00314 e. The van der Waals surface area contributed by atoms with E-state index in [1.165, 1.54) is 6.42 Å². The van der Waals surface area contributed by atoms with Crippen molar-refractivity contribution in [2.45, 2.75) is 68.7 Å². The first-order chi connectivity index (χ1) is 9.10. The predicted octanol–water partition coefficient (Wildman–Crippen LogP) is 6.18. The maximum absolute atomic E-state index is 2.61. The lowest BCUT2D eigenvalue weighted by Gasteiger charge is -2.71. The highest BCUT2D eigenvalue weighted by Crippen LogP contribution is 2.73. The Morgan fingerprint density at radius 3 is 2.15 bits per heavy atom. The molecule has 0 heterocycles. The normalized spacial score (nSPS) is 44.6. The molecule has 0 amide bonds. The van der Waals surface area contributed by atoms with E-state index in [2.05, 4.69) is 68.4 Å². The van der Waals surface area contributed by atoms with Crippen LogP contribution in [-0.2, 0) is 0 Å². The van der Waals surface area contributed by atoms with Gasteiger partial charge in [-0.25, -0.2) is 0 Å². The lowest BCUT2D eigenvalue weighted by atomic mass is 9.33. The summed E-state index contributed by atoms with van der Waals surface area (Å²) in [6, 6.07) is 0. The fourth-order valence-corrected chi connectivity index (χ4v) is 6.09. The molecule has 2 aliphatic carbocycles. The van der Waals surface area contributed by atoms with Crippen molar-refractivity contribution in [2.75, 3.05) is 0 Å². The molecule has 0 aromatic rings.